The summed E-state index contributed by atoms with van der Waals surface area (Å²) in [5, 5.41) is 4.41. The van der Waals surface area contributed by atoms with Gasteiger partial charge in [-0.25, -0.2) is 4.98 Å². The van der Waals surface area contributed by atoms with Crippen LogP contribution < -0.4 is 11.1 Å². The van der Waals surface area contributed by atoms with Gasteiger partial charge in [-0.15, -0.1) is 11.3 Å². The number of hydrogen-bond acceptors (Lipinski definition) is 5. The Morgan fingerprint density at radius 3 is 2.45 bits per heavy atom. The molecule has 6 nitrogen and oxygen atoms in total. The van der Waals surface area contributed by atoms with E-state index in [1.54, 1.807) is 18.3 Å². The molecule has 0 aliphatic heterocycles. The fourth-order valence-electron chi connectivity index (χ4n) is 4.20. The number of hydrogen-bond donors (Lipinski definition) is 2. The number of benzene rings is 1. The zero-order chi connectivity index (χ0) is 24.4. The summed E-state index contributed by atoms with van der Waals surface area (Å²) in [6, 6.07) is 6.80. The van der Waals surface area contributed by atoms with Crippen LogP contribution >= 0.6 is 11.3 Å². The Kier molecular flexibility index (Phi) is 11.3. The molecule has 1 aliphatic carbocycles. The van der Waals surface area contributed by atoms with Gasteiger partial charge in [-0.2, -0.15) is 0 Å². The number of carbonyl (C=O) groups excluding carboxylic acids is 2. The number of likely N-dealkylation sites (N-methyl/N-ethyl adjacent to an activating group) is 1. The number of rotatable bonds is 9. The fraction of sp³-hybridized carbons (Fsp3) is 0.654. The van der Waals surface area contributed by atoms with Gasteiger partial charge in [-0.05, 0) is 56.5 Å². The average molecular weight is 475 g/mol. The van der Waals surface area contributed by atoms with Gasteiger partial charge in [-0.1, -0.05) is 46.1 Å². The van der Waals surface area contributed by atoms with E-state index < -0.39 is 0 Å². The van der Waals surface area contributed by atoms with Crippen molar-refractivity contribution >= 4 is 33.4 Å². The number of amides is 2. The zero-order valence-electron chi connectivity index (χ0n) is 21.0. The van der Waals surface area contributed by atoms with Crippen molar-refractivity contribution in [2.45, 2.75) is 84.1 Å². The van der Waals surface area contributed by atoms with Crippen LogP contribution in [0.1, 0.15) is 82.2 Å². The van der Waals surface area contributed by atoms with E-state index in [0.717, 1.165) is 23.5 Å². The molecule has 2 aromatic rings. The Hall–Kier alpha value is -1.99. The molecule has 0 radical (unpaired) electrons. The van der Waals surface area contributed by atoms with Gasteiger partial charge in [0, 0.05) is 31.8 Å². The molecule has 1 aromatic carbocycles. The lowest BCUT2D eigenvalue weighted by Gasteiger charge is -2.32. The van der Waals surface area contributed by atoms with Crippen LogP contribution in [0.3, 0.4) is 0 Å². The van der Waals surface area contributed by atoms with Crippen molar-refractivity contribution in [2.24, 2.45) is 11.7 Å². The molecule has 1 atom stereocenters. The molecule has 1 fully saturated rings. The third-order valence-corrected chi connectivity index (χ3v) is 7.24. The predicted molar refractivity (Wildman–Crippen MR) is 139 cm³/mol. The summed E-state index contributed by atoms with van der Waals surface area (Å²) in [7, 11) is 4.18. The van der Waals surface area contributed by atoms with Crippen molar-refractivity contribution in [2.75, 3.05) is 20.6 Å². The monoisotopic (exact) mass is 474 g/mol. The van der Waals surface area contributed by atoms with Crippen molar-refractivity contribution in [3.8, 4) is 0 Å². The summed E-state index contributed by atoms with van der Waals surface area (Å²) in [5.41, 5.74) is 7.05. The number of fused-ring (bicyclic) bond motifs is 1. The SMILES string of the molecule is CC(C)c1ccc2nc(CCC(=O)NC(CN(C)C)C3CCCCC3)sc2c1.CCC(N)=O. The fourth-order valence-corrected chi connectivity index (χ4v) is 5.21. The topological polar surface area (TPSA) is 88.3 Å². The van der Waals surface area contributed by atoms with Gasteiger partial charge in [0.15, 0.2) is 0 Å². The van der Waals surface area contributed by atoms with Gasteiger partial charge >= 0.3 is 0 Å². The lowest BCUT2D eigenvalue weighted by atomic mass is 9.83. The Labute approximate surface area is 203 Å². The van der Waals surface area contributed by atoms with Gasteiger partial charge < -0.3 is 16.0 Å². The molecule has 33 heavy (non-hydrogen) atoms. The summed E-state index contributed by atoms with van der Waals surface area (Å²) >= 11 is 1.73. The van der Waals surface area contributed by atoms with Crippen LogP contribution in [0.5, 0.6) is 0 Å². The van der Waals surface area contributed by atoms with Crippen LogP contribution in [0.2, 0.25) is 0 Å². The van der Waals surface area contributed by atoms with Gasteiger partial charge in [0.25, 0.3) is 0 Å². The summed E-state index contributed by atoms with van der Waals surface area (Å²) < 4.78 is 1.23. The van der Waals surface area contributed by atoms with Crippen molar-refractivity contribution in [1.29, 1.82) is 0 Å². The van der Waals surface area contributed by atoms with Crippen molar-refractivity contribution < 1.29 is 9.59 Å². The molecule has 1 unspecified atom stereocenters. The average Bonchev–Trinajstić information content (AvgIpc) is 3.20. The van der Waals surface area contributed by atoms with Crippen LogP contribution in [-0.4, -0.2) is 48.4 Å². The van der Waals surface area contributed by atoms with E-state index in [-0.39, 0.29) is 17.9 Å². The second kappa shape index (κ2) is 13.7. The van der Waals surface area contributed by atoms with Gasteiger partial charge in [0.1, 0.15) is 0 Å². The largest absolute Gasteiger partial charge is 0.370 e. The van der Waals surface area contributed by atoms with Crippen molar-refractivity contribution in [3.63, 3.8) is 0 Å². The van der Waals surface area contributed by atoms with Crippen LogP contribution in [0.25, 0.3) is 10.2 Å². The van der Waals surface area contributed by atoms with E-state index >= 15 is 0 Å². The number of aromatic nitrogens is 1. The highest BCUT2D eigenvalue weighted by Crippen LogP contribution is 2.28. The van der Waals surface area contributed by atoms with E-state index in [4.69, 9.17) is 4.98 Å². The van der Waals surface area contributed by atoms with Gasteiger partial charge in [-0.3, -0.25) is 9.59 Å². The third kappa shape index (κ3) is 9.41. The molecular formula is C26H42N4O2S. The van der Waals surface area contributed by atoms with Gasteiger partial charge in [0.05, 0.1) is 15.2 Å². The molecule has 0 spiro atoms. The Balaban J connectivity index is 0.000000696. The minimum atomic E-state index is -0.245. The number of primary amides is 1. The first-order valence-electron chi connectivity index (χ1n) is 12.3. The molecular weight excluding hydrogens is 432 g/mol. The second-order valence-electron chi connectivity index (χ2n) is 9.64. The number of aryl methyl sites for hydroxylation is 1. The van der Waals surface area contributed by atoms with E-state index in [0.29, 0.717) is 24.7 Å². The van der Waals surface area contributed by atoms with E-state index in [9.17, 15) is 9.59 Å². The van der Waals surface area contributed by atoms with Crippen LogP contribution in [0, 0.1) is 5.92 Å². The van der Waals surface area contributed by atoms with E-state index in [1.807, 2.05) is 0 Å². The first kappa shape index (κ1) is 27.3. The van der Waals surface area contributed by atoms with E-state index in [2.05, 4.69) is 62.1 Å². The minimum Gasteiger partial charge on any atom is -0.370 e. The lowest BCUT2D eigenvalue weighted by Crippen LogP contribution is -2.47. The number of nitrogens with one attached hydrogen (secondary N) is 1. The van der Waals surface area contributed by atoms with Crippen molar-refractivity contribution in [3.05, 3.63) is 28.8 Å². The maximum atomic E-state index is 12.7. The van der Waals surface area contributed by atoms with Crippen LogP contribution in [0.4, 0.5) is 0 Å². The Morgan fingerprint density at radius 2 is 1.88 bits per heavy atom. The lowest BCUT2D eigenvalue weighted by molar-refractivity contribution is -0.122. The molecule has 7 heteroatoms. The highest BCUT2D eigenvalue weighted by atomic mass is 32.1. The summed E-state index contributed by atoms with van der Waals surface area (Å²) in [6.45, 7) is 7.08. The summed E-state index contributed by atoms with van der Waals surface area (Å²) in [6.07, 6.45) is 8.12. The highest BCUT2D eigenvalue weighted by Gasteiger charge is 2.25. The predicted octanol–water partition coefficient (Wildman–Crippen LogP) is 4.86. The number of thiazole rings is 1. The number of carbonyl (C=O) groups is 2. The Morgan fingerprint density at radius 1 is 1.21 bits per heavy atom. The molecule has 1 saturated carbocycles. The highest BCUT2D eigenvalue weighted by molar-refractivity contribution is 7.18. The quantitative estimate of drug-likeness (QED) is 0.543. The van der Waals surface area contributed by atoms with Crippen LogP contribution in [0.15, 0.2) is 18.2 Å². The van der Waals surface area contributed by atoms with Crippen LogP contribution in [-0.2, 0) is 16.0 Å². The van der Waals surface area contributed by atoms with E-state index in [1.165, 1.54) is 42.4 Å². The minimum absolute atomic E-state index is 0.166. The molecule has 2 amide bonds. The standard InChI is InChI=1S/C23H35N3OS.C3H7NO/c1-16(2)18-10-11-19-21(14-18)28-23(25-19)13-12-22(27)24-20(15-26(3)4)17-8-6-5-7-9-17;1-2-3(4)5/h10-11,14,16-17,20H,5-9,12-13,15H2,1-4H3,(H,24,27);2H2,1H3,(H2,4,5). The van der Waals surface area contributed by atoms with Crippen molar-refractivity contribution in [1.82, 2.24) is 15.2 Å². The zero-order valence-corrected chi connectivity index (χ0v) is 21.8. The first-order chi connectivity index (χ1) is 15.7. The summed E-state index contributed by atoms with van der Waals surface area (Å²) in [4.78, 5) is 29.2. The first-order valence-corrected chi connectivity index (χ1v) is 13.1. The molecule has 1 aromatic heterocycles. The Bertz CT molecular complexity index is 888. The molecule has 0 saturated heterocycles. The summed E-state index contributed by atoms with van der Waals surface area (Å²) in [5.74, 6) is 1.07. The smallest absolute Gasteiger partial charge is 0.220 e. The molecule has 1 aliphatic rings. The molecule has 1 heterocycles. The molecule has 0 bridgehead atoms. The molecule has 3 N–H and O–H groups in total. The third-order valence-electron chi connectivity index (χ3n) is 6.16. The van der Waals surface area contributed by atoms with Gasteiger partial charge in [0.2, 0.25) is 11.8 Å². The molecule has 3 rings (SSSR count). The number of nitrogens with zero attached hydrogens (tertiary/aromatic N) is 2. The number of nitrogens with two attached hydrogens (primary N) is 1. The maximum Gasteiger partial charge on any atom is 0.220 e. The maximum absolute atomic E-state index is 12.7. The second-order valence-corrected chi connectivity index (χ2v) is 10.8. The normalized spacial score (nSPS) is 15.4. The molecule has 184 valence electrons.